The first-order chi connectivity index (χ1) is 14.8. The number of aromatic amines is 1. The Bertz CT molecular complexity index is 1180. The van der Waals surface area contributed by atoms with E-state index < -0.39 is 0 Å². The summed E-state index contributed by atoms with van der Waals surface area (Å²) in [6.07, 6.45) is 6.76. The van der Waals surface area contributed by atoms with E-state index >= 15 is 0 Å². The number of fused-ring (bicyclic) bond motifs is 1. The van der Waals surface area contributed by atoms with Gasteiger partial charge in [0.1, 0.15) is 17.4 Å². The van der Waals surface area contributed by atoms with Crippen LogP contribution in [0.2, 0.25) is 0 Å². The number of ether oxygens (including phenoxy) is 1. The molecule has 0 saturated heterocycles. The highest BCUT2D eigenvalue weighted by Crippen LogP contribution is 2.42. The van der Waals surface area contributed by atoms with Crippen molar-refractivity contribution in [3.63, 3.8) is 0 Å². The summed E-state index contributed by atoms with van der Waals surface area (Å²) in [5.41, 5.74) is 9.54. The minimum Gasteiger partial charge on any atom is -0.496 e. The summed E-state index contributed by atoms with van der Waals surface area (Å²) in [4.78, 5) is 37.5. The third-order valence-corrected chi connectivity index (χ3v) is 5.17. The number of aryl methyl sites for hydroxylation is 1. The number of aromatic nitrogens is 5. The molecule has 0 fully saturated rings. The van der Waals surface area contributed by atoms with E-state index in [-0.39, 0.29) is 18.4 Å². The number of nitrogen functional groups attached to an aromatic ring is 1. The molecule has 3 N–H and O–H groups in total. The number of anilines is 3. The maximum absolute atomic E-state index is 13.5. The molecule has 31 heavy (non-hydrogen) atoms. The molecule has 4 rings (SSSR count). The molecule has 1 aliphatic rings. The normalized spacial score (nSPS) is 14.3. The van der Waals surface area contributed by atoms with Gasteiger partial charge in [-0.05, 0) is 19.9 Å². The average molecular weight is 420 g/mol. The van der Waals surface area contributed by atoms with Crippen LogP contribution in [0.15, 0.2) is 18.6 Å². The van der Waals surface area contributed by atoms with Gasteiger partial charge in [-0.25, -0.2) is 4.98 Å². The van der Waals surface area contributed by atoms with Crippen LogP contribution in [0.25, 0.3) is 11.6 Å². The van der Waals surface area contributed by atoms with Gasteiger partial charge in [0, 0.05) is 43.8 Å². The summed E-state index contributed by atoms with van der Waals surface area (Å²) in [6.45, 7) is 4.07. The third kappa shape index (κ3) is 3.45. The molecule has 10 heteroatoms. The number of nitrogens with two attached hydrogens (primary N) is 1. The number of rotatable bonds is 5. The SMILES string of the molecule is COc1c(C)cnc(CN2C(=O)C(=Cc3ncc[nH]3)c3c(N(C)C)nc(N)nc32)c1C. The molecule has 0 unspecified atom stereocenters. The summed E-state index contributed by atoms with van der Waals surface area (Å²) in [5, 5.41) is 0. The molecule has 0 bridgehead atoms. The highest BCUT2D eigenvalue weighted by Gasteiger charge is 2.38. The minimum absolute atomic E-state index is 0.0886. The Hall–Kier alpha value is -3.95. The van der Waals surface area contributed by atoms with Crippen molar-refractivity contribution in [2.24, 2.45) is 0 Å². The summed E-state index contributed by atoms with van der Waals surface area (Å²) < 4.78 is 5.52. The van der Waals surface area contributed by atoms with Crippen LogP contribution in [0.3, 0.4) is 0 Å². The first-order valence-electron chi connectivity index (χ1n) is 9.69. The van der Waals surface area contributed by atoms with Crippen molar-refractivity contribution in [3.8, 4) is 5.75 Å². The molecular weight excluding hydrogens is 396 g/mol. The lowest BCUT2D eigenvalue weighted by Crippen LogP contribution is -2.27. The summed E-state index contributed by atoms with van der Waals surface area (Å²) >= 11 is 0. The van der Waals surface area contributed by atoms with Crippen LogP contribution in [0, 0.1) is 13.8 Å². The van der Waals surface area contributed by atoms with Crippen molar-refractivity contribution in [2.45, 2.75) is 20.4 Å². The fourth-order valence-electron chi connectivity index (χ4n) is 3.72. The molecule has 0 radical (unpaired) electrons. The monoisotopic (exact) mass is 420 g/mol. The molecule has 0 aliphatic carbocycles. The zero-order valence-corrected chi connectivity index (χ0v) is 18.1. The number of hydrogen-bond acceptors (Lipinski definition) is 8. The number of methoxy groups -OCH3 is 1. The number of carbonyl (C=O) groups is 1. The van der Waals surface area contributed by atoms with E-state index in [0.29, 0.717) is 34.3 Å². The van der Waals surface area contributed by atoms with Crippen LogP contribution in [0.4, 0.5) is 17.6 Å². The smallest absolute Gasteiger partial charge is 0.260 e. The van der Waals surface area contributed by atoms with E-state index in [1.807, 2.05) is 32.8 Å². The highest BCUT2D eigenvalue weighted by molar-refractivity contribution is 6.36. The fourth-order valence-corrected chi connectivity index (χ4v) is 3.72. The number of carbonyl (C=O) groups excluding carboxylic acids is 1. The minimum atomic E-state index is -0.227. The molecule has 10 nitrogen and oxygen atoms in total. The zero-order valence-electron chi connectivity index (χ0n) is 18.1. The molecule has 0 saturated carbocycles. The van der Waals surface area contributed by atoms with Crippen LogP contribution in [0.1, 0.15) is 28.2 Å². The predicted octanol–water partition coefficient (Wildman–Crippen LogP) is 1.96. The first kappa shape index (κ1) is 20.3. The Labute approximate surface area is 179 Å². The zero-order chi connectivity index (χ0) is 22.3. The summed E-state index contributed by atoms with van der Waals surface area (Å²) in [6, 6.07) is 0. The number of imidazole rings is 1. The van der Waals surface area contributed by atoms with Crippen molar-refractivity contribution < 1.29 is 9.53 Å². The molecule has 0 aromatic carbocycles. The van der Waals surface area contributed by atoms with Gasteiger partial charge in [0.25, 0.3) is 5.91 Å². The molecule has 160 valence electrons. The first-order valence-corrected chi connectivity index (χ1v) is 9.69. The summed E-state index contributed by atoms with van der Waals surface area (Å²) in [5.74, 6) is 2.17. The molecule has 0 atom stereocenters. The van der Waals surface area contributed by atoms with Gasteiger partial charge in [-0.3, -0.25) is 14.7 Å². The molecule has 3 aromatic rings. The standard InChI is InChI=1S/C21H24N8O2/c1-11-9-25-14(12(2)17(11)31-5)10-29-19-16(18(28(3)4)26-21(22)27-19)13(20(29)30)8-15-23-6-7-24-15/h6-9H,10H2,1-5H3,(H,23,24)(H2,22,26,27). The Balaban J connectivity index is 1.88. The van der Waals surface area contributed by atoms with E-state index in [2.05, 4.69) is 24.9 Å². The molecule has 4 heterocycles. The Morgan fingerprint density at radius 3 is 2.68 bits per heavy atom. The summed E-state index contributed by atoms with van der Waals surface area (Å²) in [7, 11) is 5.31. The van der Waals surface area contributed by atoms with Crippen LogP contribution in [-0.4, -0.2) is 52.0 Å². The van der Waals surface area contributed by atoms with Crippen LogP contribution >= 0.6 is 0 Å². The number of amides is 1. The molecule has 3 aromatic heterocycles. The van der Waals surface area contributed by atoms with E-state index in [1.54, 1.807) is 36.7 Å². The van der Waals surface area contributed by atoms with Gasteiger partial charge >= 0.3 is 0 Å². The van der Waals surface area contributed by atoms with Gasteiger partial charge in [-0.2, -0.15) is 9.97 Å². The second-order valence-electron chi connectivity index (χ2n) is 7.47. The lowest BCUT2D eigenvalue weighted by atomic mass is 10.1. The highest BCUT2D eigenvalue weighted by atomic mass is 16.5. The second-order valence-corrected chi connectivity index (χ2v) is 7.47. The van der Waals surface area contributed by atoms with Crippen LogP contribution in [0.5, 0.6) is 5.75 Å². The number of nitrogens with one attached hydrogen (secondary N) is 1. The maximum Gasteiger partial charge on any atom is 0.260 e. The van der Waals surface area contributed by atoms with E-state index in [9.17, 15) is 4.79 Å². The van der Waals surface area contributed by atoms with E-state index in [0.717, 1.165) is 16.9 Å². The number of nitrogens with zero attached hydrogens (tertiary/aromatic N) is 6. The average Bonchev–Trinajstić information content (AvgIpc) is 3.32. The van der Waals surface area contributed by atoms with Gasteiger partial charge in [0.05, 0.1) is 30.5 Å². The van der Waals surface area contributed by atoms with Crippen molar-refractivity contribution >= 4 is 35.1 Å². The quantitative estimate of drug-likeness (QED) is 0.600. The van der Waals surface area contributed by atoms with Crippen molar-refractivity contribution in [3.05, 3.63) is 46.8 Å². The van der Waals surface area contributed by atoms with E-state index in [4.69, 9.17) is 10.5 Å². The van der Waals surface area contributed by atoms with Gasteiger partial charge in [0.15, 0.2) is 5.82 Å². The van der Waals surface area contributed by atoms with Gasteiger partial charge < -0.3 is 20.4 Å². The fraction of sp³-hybridized carbons (Fsp3) is 0.286. The van der Waals surface area contributed by atoms with E-state index in [1.165, 1.54) is 0 Å². The molecule has 0 spiro atoms. The van der Waals surface area contributed by atoms with Gasteiger partial charge in [-0.15, -0.1) is 0 Å². The topological polar surface area (TPSA) is 126 Å². The molecule has 1 aliphatic heterocycles. The van der Waals surface area contributed by atoms with Gasteiger partial charge in [-0.1, -0.05) is 0 Å². The maximum atomic E-state index is 13.5. The number of H-pyrrole nitrogens is 1. The second kappa shape index (κ2) is 7.71. The molecular formula is C21H24N8O2. The number of hydrogen-bond donors (Lipinski definition) is 2. The Morgan fingerprint density at radius 2 is 2.03 bits per heavy atom. The predicted molar refractivity (Wildman–Crippen MR) is 119 cm³/mol. The third-order valence-electron chi connectivity index (χ3n) is 5.17. The van der Waals surface area contributed by atoms with Crippen LogP contribution in [-0.2, 0) is 11.3 Å². The van der Waals surface area contributed by atoms with Crippen molar-refractivity contribution in [2.75, 3.05) is 36.7 Å². The van der Waals surface area contributed by atoms with Crippen molar-refractivity contribution in [1.29, 1.82) is 0 Å². The lowest BCUT2D eigenvalue weighted by Gasteiger charge is -2.20. The van der Waals surface area contributed by atoms with Crippen molar-refractivity contribution in [1.82, 2.24) is 24.9 Å². The Kier molecular flexibility index (Phi) is 5.05. The number of pyridine rings is 1. The van der Waals surface area contributed by atoms with Gasteiger partial charge in [0.2, 0.25) is 5.95 Å². The molecule has 1 amide bonds. The largest absolute Gasteiger partial charge is 0.496 e. The Morgan fingerprint density at radius 1 is 1.26 bits per heavy atom. The lowest BCUT2D eigenvalue weighted by molar-refractivity contribution is -0.113. The van der Waals surface area contributed by atoms with Crippen LogP contribution < -0.4 is 20.3 Å².